The van der Waals surface area contributed by atoms with Gasteiger partial charge in [0.05, 0.1) is 6.04 Å². The van der Waals surface area contributed by atoms with Crippen molar-refractivity contribution >= 4 is 41.4 Å². The lowest BCUT2D eigenvalue weighted by Gasteiger charge is -2.26. The third-order valence-electron chi connectivity index (χ3n) is 5.15. The van der Waals surface area contributed by atoms with Crippen molar-refractivity contribution in [2.24, 2.45) is 17.4 Å². The molecule has 13 heteroatoms. The number of hydrogen-bond acceptors (Lipinski definition) is 8. The van der Waals surface area contributed by atoms with Crippen LogP contribution in [0.15, 0.2) is 0 Å². The van der Waals surface area contributed by atoms with Crippen molar-refractivity contribution in [2.75, 3.05) is 18.6 Å². The molecule has 0 radical (unpaired) electrons. The molecule has 0 rings (SSSR count). The molecule has 12 nitrogen and oxygen atoms in total. The summed E-state index contributed by atoms with van der Waals surface area (Å²) in [4.78, 5) is 60.6. The third-order valence-corrected chi connectivity index (χ3v) is 5.80. The molecule has 0 aromatic rings. The van der Waals surface area contributed by atoms with Crippen LogP contribution in [0, 0.1) is 5.92 Å². The van der Waals surface area contributed by atoms with E-state index < -0.39 is 53.8 Å². The molecule has 0 spiro atoms. The molecule has 9 N–H and O–H groups in total. The number of aliphatic carboxylic acids is 2. The van der Waals surface area contributed by atoms with Crippen molar-refractivity contribution in [1.29, 1.82) is 0 Å². The first kappa shape index (κ1) is 32.6. The molecule has 0 aliphatic carbocycles. The SMILES string of the molecule is CSCCC(NC(=O)C(CC(C)C)NC(=O)C(CCCCN)NC(=O)C(N)CCC(=O)O)C(=O)O. The molecular formula is C22H41N5O7S. The highest BCUT2D eigenvalue weighted by Crippen LogP contribution is 2.09. The van der Waals surface area contributed by atoms with E-state index in [4.69, 9.17) is 16.6 Å². The summed E-state index contributed by atoms with van der Waals surface area (Å²) in [7, 11) is 0. The number of nitrogens with one attached hydrogen (secondary N) is 3. The number of rotatable bonds is 19. The van der Waals surface area contributed by atoms with Gasteiger partial charge in [0.15, 0.2) is 0 Å². The van der Waals surface area contributed by atoms with Crippen LogP contribution in [0.4, 0.5) is 0 Å². The minimum Gasteiger partial charge on any atom is -0.481 e. The predicted octanol–water partition coefficient (Wildman–Crippen LogP) is -0.354. The van der Waals surface area contributed by atoms with Gasteiger partial charge in [-0.2, -0.15) is 11.8 Å². The van der Waals surface area contributed by atoms with Gasteiger partial charge < -0.3 is 37.6 Å². The van der Waals surface area contributed by atoms with E-state index in [1.165, 1.54) is 11.8 Å². The van der Waals surface area contributed by atoms with Crippen LogP contribution in [-0.4, -0.2) is 82.6 Å². The number of carbonyl (C=O) groups excluding carboxylic acids is 3. The molecule has 4 atom stereocenters. The average molecular weight is 520 g/mol. The van der Waals surface area contributed by atoms with Crippen LogP contribution in [0.5, 0.6) is 0 Å². The van der Waals surface area contributed by atoms with Crippen LogP contribution in [0.2, 0.25) is 0 Å². The first-order valence-corrected chi connectivity index (χ1v) is 13.1. The van der Waals surface area contributed by atoms with Crippen LogP contribution in [0.3, 0.4) is 0 Å². The fourth-order valence-electron chi connectivity index (χ4n) is 3.19. The third kappa shape index (κ3) is 14.6. The van der Waals surface area contributed by atoms with E-state index in [2.05, 4.69) is 16.0 Å². The summed E-state index contributed by atoms with van der Waals surface area (Å²) in [5.41, 5.74) is 11.3. The molecule has 0 saturated heterocycles. The largest absolute Gasteiger partial charge is 0.481 e. The Kier molecular flexibility index (Phi) is 16.7. The van der Waals surface area contributed by atoms with Gasteiger partial charge in [-0.1, -0.05) is 13.8 Å². The molecule has 202 valence electrons. The highest BCUT2D eigenvalue weighted by atomic mass is 32.2. The Morgan fingerprint density at radius 1 is 0.829 bits per heavy atom. The van der Waals surface area contributed by atoms with Gasteiger partial charge in [-0.25, -0.2) is 4.79 Å². The first-order valence-electron chi connectivity index (χ1n) is 11.7. The second-order valence-electron chi connectivity index (χ2n) is 8.76. The molecule has 0 aliphatic rings. The maximum Gasteiger partial charge on any atom is 0.326 e. The Labute approximate surface area is 210 Å². The number of nitrogens with two attached hydrogens (primary N) is 2. The highest BCUT2D eigenvalue weighted by molar-refractivity contribution is 7.98. The highest BCUT2D eigenvalue weighted by Gasteiger charge is 2.30. The van der Waals surface area contributed by atoms with Crippen molar-refractivity contribution in [3.8, 4) is 0 Å². The van der Waals surface area contributed by atoms with Crippen molar-refractivity contribution in [2.45, 2.75) is 83.0 Å². The lowest BCUT2D eigenvalue weighted by Crippen LogP contribution is -2.57. The molecule has 3 amide bonds. The van der Waals surface area contributed by atoms with E-state index in [9.17, 15) is 29.1 Å². The van der Waals surface area contributed by atoms with Gasteiger partial charge >= 0.3 is 11.9 Å². The van der Waals surface area contributed by atoms with Gasteiger partial charge in [0.2, 0.25) is 17.7 Å². The van der Waals surface area contributed by atoms with Gasteiger partial charge in [-0.05, 0) is 63.0 Å². The summed E-state index contributed by atoms with van der Waals surface area (Å²) >= 11 is 1.45. The monoisotopic (exact) mass is 519 g/mol. The van der Waals surface area contributed by atoms with Gasteiger partial charge in [0, 0.05) is 6.42 Å². The van der Waals surface area contributed by atoms with E-state index in [0.717, 1.165) is 0 Å². The summed E-state index contributed by atoms with van der Waals surface area (Å²) in [6.07, 6.45) is 3.30. The minimum atomic E-state index is -1.16. The number of carbonyl (C=O) groups is 5. The second kappa shape index (κ2) is 18.0. The van der Waals surface area contributed by atoms with Crippen LogP contribution in [0.1, 0.15) is 58.8 Å². The molecule has 0 fully saturated rings. The lowest BCUT2D eigenvalue weighted by molar-refractivity contribution is -0.142. The number of thioether (sulfide) groups is 1. The molecule has 0 aliphatic heterocycles. The smallest absolute Gasteiger partial charge is 0.326 e. The zero-order valence-electron chi connectivity index (χ0n) is 20.7. The van der Waals surface area contributed by atoms with Gasteiger partial charge in [-0.3, -0.25) is 19.2 Å². The number of amides is 3. The molecule has 0 aromatic heterocycles. The zero-order valence-corrected chi connectivity index (χ0v) is 21.6. The molecule has 0 saturated carbocycles. The van der Waals surface area contributed by atoms with Gasteiger partial charge in [-0.15, -0.1) is 0 Å². The molecule has 0 aromatic carbocycles. The van der Waals surface area contributed by atoms with Crippen molar-refractivity contribution in [3.05, 3.63) is 0 Å². The molecule has 35 heavy (non-hydrogen) atoms. The zero-order chi connectivity index (χ0) is 27.0. The molecular weight excluding hydrogens is 478 g/mol. The number of carboxylic acid groups (broad SMARTS) is 2. The Morgan fingerprint density at radius 2 is 1.40 bits per heavy atom. The van der Waals surface area contributed by atoms with Crippen molar-refractivity contribution < 1.29 is 34.2 Å². The van der Waals surface area contributed by atoms with Gasteiger partial charge in [0.1, 0.15) is 18.1 Å². The molecule has 0 bridgehead atoms. The second-order valence-corrected chi connectivity index (χ2v) is 9.74. The van der Waals surface area contributed by atoms with Crippen molar-refractivity contribution in [1.82, 2.24) is 16.0 Å². The fraction of sp³-hybridized carbons (Fsp3) is 0.773. The summed E-state index contributed by atoms with van der Waals surface area (Å²) in [6, 6.07) is -4.22. The lowest BCUT2D eigenvalue weighted by atomic mass is 10.0. The number of unbranched alkanes of at least 4 members (excludes halogenated alkanes) is 1. The van der Waals surface area contributed by atoms with E-state index >= 15 is 0 Å². The molecule has 4 unspecified atom stereocenters. The van der Waals surface area contributed by atoms with Crippen LogP contribution >= 0.6 is 11.8 Å². The number of carboxylic acids is 2. The van der Waals surface area contributed by atoms with Crippen LogP contribution in [0.25, 0.3) is 0 Å². The topological polar surface area (TPSA) is 214 Å². The van der Waals surface area contributed by atoms with E-state index in [1.54, 1.807) is 0 Å². The Morgan fingerprint density at radius 3 is 1.91 bits per heavy atom. The normalized spacial score (nSPS) is 14.5. The van der Waals surface area contributed by atoms with Crippen molar-refractivity contribution in [3.63, 3.8) is 0 Å². The predicted molar refractivity (Wildman–Crippen MR) is 134 cm³/mol. The van der Waals surface area contributed by atoms with E-state index in [-0.39, 0.29) is 38.0 Å². The van der Waals surface area contributed by atoms with E-state index in [1.807, 2.05) is 20.1 Å². The van der Waals surface area contributed by atoms with Crippen LogP contribution in [-0.2, 0) is 24.0 Å². The average Bonchev–Trinajstić information content (AvgIpc) is 2.78. The standard InChI is InChI=1S/C22H41N5O7S/c1-13(2)12-17(21(32)26-16(22(33)34)9-11-35-3)27-20(31)15(6-4-5-10-23)25-19(30)14(24)7-8-18(28)29/h13-17H,4-12,23-24H2,1-3H3,(H,25,30)(H,26,32)(H,27,31)(H,28,29)(H,33,34). The fourth-order valence-corrected chi connectivity index (χ4v) is 3.66. The quantitative estimate of drug-likeness (QED) is 0.110. The molecule has 0 heterocycles. The Bertz CT molecular complexity index is 708. The Hall–Kier alpha value is -2.38. The Balaban J connectivity index is 5.45. The summed E-state index contributed by atoms with van der Waals surface area (Å²) in [5, 5.41) is 25.9. The summed E-state index contributed by atoms with van der Waals surface area (Å²) < 4.78 is 0. The first-order chi connectivity index (χ1) is 16.4. The van der Waals surface area contributed by atoms with Gasteiger partial charge in [0.25, 0.3) is 0 Å². The minimum absolute atomic E-state index is 0.00949. The van der Waals surface area contributed by atoms with Crippen LogP contribution < -0.4 is 27.4 Å². The number of hydrogen-bond donors (Lipinski definition) is 7. The maximum atomic E-state index is 13.1. The summed E-state index contributed by atoms with van der Waals surface area (Å²) in [6.45, 7) is 4.11. The van der Waals surface area contributed by atoms with E-state index in [0.29, 0.717) is 25.1 Å². The summed E-state index contributed by atoms with van der Waals surface area (Å²) in [5.74, 6) is -3.62. The maximum absolute atomic E-state index is 13.1.